The molecule has 2 aromatic heterocycles. The van der Waals surface area contributed by atoms with Gasteiger partial charge in [0.2, 0.25) is 0 Å². The van der Waals surface area contributed by atoms with Gasteiger partial charge in [0.05, 0.1) is 15.6 Å². The number of pyridine rings is 2. The molecule has 0 spiro atoms. The Labute approximate surface area is 148 Å². The molecule has 3 aromatic rings. The van der Waals surface area contributed by atoms with Gasteiger partial charge >= 0.3 is 0 Å². The van der Waals surface area contributed by atoms with Crippen molar-refractivity contribution in [3.05, 3.63) is 75.6 Å². The largest absolute Gasteiger partial charge is 0.504 e. The normalized spacial score (nSPS) is 10.4. The zero-order valence-corrected chi connectivity index (χ0v) is 13.6. The summed E-state index contributed by atoms with van der Waals surface area (Å²) in [7, 11) is 0. The van der Waals surface area contributed by atoms with Gasteiger partial charge in [-0.25, -0.2) is 4.98 Å². The van der Waals surface area contributed by atoms with Gasteiger partial charge in [0.15, 0.2) is 11.6 Å². The molecule has 7 nitrogen and oxygen atoms in total. The van der Waals surface area contributed by atoms with E-state index in [0.29, 0.717) is 27.7 Å². The predicted molar refractivity (Wildman–Crippen MR) is 94.6 cm³/mol. The number of hydrogen-bond donors (Lipinski definition) is 2. The van der Waals surface area contributed by atoms with Gasteiger partial charge in [-0.2, -0.15) is 0 Å². The average molecular weight is 357 g/mol. The first-order valence-electron chi connectivity index (χ1n) is 7.31. The molecule has 0 atom stereocenters. The number of aromatic hydroxyl groups is 1. The van der Waals surface area contributed by atoms with Gasteiger partial charge in [0.25, 0.3) is 5.69 Å². The van der Waals surface area contributed by atoms with E-state index in [4.69, 9.17) is 11.6 Å². The molecule has 3 rings (SSSR count). The number of nitrogens with one attached hydrogen (secondary N) is 1. The first kappa shape index (κ1) is 16.7. The average Bonchev–Trinajstić information content (AvgIpc) is 2.61. The summed E-state index contributed by atoms with van der Waals surface area (Å²) in [4.78, 5) is 19.0. The molecular weight excluding hydrogens is 344 g/mol. The van der Waals surface area contributed by atoms with E-state index < -0.39 is 4.92 Å². The lowest BCUT2D eigenvalue weighted by atomic mass is 10.1. The summed E-state index contributed by atoms with van der Waals surface area (Å²) in [5.41, 5.74) is 1.58. The number of aromatic nitrogens is 2. The van der Waals surface area contributed by atoms with Gasteiger partial charge in [0, 0.05) is 36.6 Å². The lowest BCUT2D eigenvalue weighted by Gasteiger charge is -2.09. The summed E-state index contributed by atoms with van der Waals surface area (Å²) < 4.78 is 0. The molecule has 0 amide bonds. The molecule has 0 aliphatic rings. The Morgan fingerprint density at radius 1 is 1.16 bits per heavy atom. The van der Waals surface area contributed by atoms with Crippen LogP contribution in [-0.2, 0) is 6.54 Å². The number of nitro groups is 1. The smallest absolute Gasteiger partial charge is 0.270 e. The van der Waals surface area contributed by atoms with Crippen LogP contribution < -0.4 is 5.32 Å². The van der Waals surface area contributed by atoms with Crippen molar-refractivity contribution in [2.24, 2.45) is 0 Å². The molecule has 0 aliphatic heterocycles. The molecule has 2 heterocycles. The van der Waals surface area contributed by atoms with Gasteiger partial charge in [0.1, 0.15) is 0 Å². The van der Waals surface area contributed by atoms with Gasteiger partial charge in [-0.05, 0) is 35.9 Å². The molecule has 126 valence electrons. The van der Waals surface area contributed by atoms with Crippen LogP contribution in [0.5, 0.6) is 5.75 Å². The van der Waals surface area contributed by atoms with E-state index in [0.717, 1.165) is 0 Å². The maximum absolute atomic E-state index is 11.2. The first-order valence-corrected chi connectivity index (χ1v) is 7.69. The van der Waals surface area contributed by atoms with E-state index in [1.54, 1.807) is 30.5 Å². The SMILES string of the molecule is O=[N+]([O-])c1cc(CNc2ncccc2O)cc(-c2ncccc2Cl)c1. The lowest BCUT2D eigenvalue weighted by Crippen LogP contribution is -2.03. The molecule has 25 heavy (non-hydrogen) atoms. The fraction of sp³-hybridized carbons (Fsp3) is 0.0588. The van der Waals surface area contributed by atoms with Crippen LogP contribution in [0.3, 0.4) is 0 Å². The van der Waals surface area contributed by atoms with Crippen molar-refractivity contribution in [1.29, 1.82) is 0 Å². The molecule has 2 N–H and O–H groups in total. The van der Waals surface area contributed by atoms with Crippen molar-refractivity contribution in [3.63, 3.8) is 0 Å². The Hall–Kier alpha value is -3.19. The van der Waals surface area contributed by atoms with E-state index in [2.05, 4.69) is 15.3 Å². The predicted octanol–water partition coefficient (Wildman–Crippen LogP) is 4.02. The summed E-state index contributed by atoms with van der Waals surface area (Å²) in [6.45, 7) is 0.240. The van der Waals surface area contributed by atoms with E-state index in [9.17, 15) is 15.2 Å². The molecule has 0 bridgehead atoms. The lowest BCUT2D eigenvalue weighted by molar-refractivity contribution is -0.384. The third-order valence-corrected chi connectivity index (χ3v) is 3.77. The van der Waals surface area contributed by atoms with Crippen LogP contribution in [0.1, 0.15) is 5.56 Å². The number of anilines is 1. The van der Waals surface area contributed by atoms with Gasteiger partial charge in [-0.1, -0.05) is 11.6 Å². The zero-order chi connectivity index (χ0) is 17.8. The maximum atomic E-state index is 11.2. The van der Waals surface area contributed by atoms with Crippen molar-refractivity contribution in [2.75, 3.05) is 5.32 Å². The fourth-order valence-corrected chi connectivity index (χ4v) is 2.57. The molecule has 0 aliphatic carbocycles. The van der Waals surface area contributed by atoms with E-state index in [1.165, 1.54) is 24.4 Å². The second-order valence-electron chi connectivity index (χ2n) is 5.20. The van der Waals surface area contributed by atoms with Crippen LogP contribution in [0.4, 0.5) is 11.5 Å². The standard InChI is InChI=1S/C17H13ClN4O3/c18-14-3-1-5-19-16(14)12-7-11(8-13(9-12)22(24)25)10-21-17-15(23)4-2-6-20-17/h1-9,23H,10H2,(H,20,21). The van der Waals surface area contributed by atoms with Crippen molar-refractivity contribution in [2.45, 2.75) is 6.54 Å². The number of non-ortho nitro benzene ring substituents is 1. The highest BCUT2D eigenvalue weighted by atomic mass is 35.5. The monoisotopic (exact) mass is 356 g/mol. The summed E-state index contributed by atoms with van der Waals surface area (Å²) in [6, 6.07) is 11.1. The fourth-order valence-electron chi connectivity index (χ4n) is 2.34. The Kier molecular flexibility index (Phi) is 4.76. The molecule has 0 saturated heterocycles. The minimum Gasteiger partial charge on any atom is -0.504 e. The van der Waals surface area contributed by atoms with Gasteiger partial charge in [-0.3, -0.25) is 15.1 Å². The van der Waals surface area contributed by atoms with Crippen molar-refractivity contribution in [3.8, 4) is 17.0 Å². The van der Waals surface area contributed by atoms with E-state index >= 15 is 0 Å². The van der Waals surface area contributed by atoms with Crippen molar-refractivity contribution < 1.29 is 10.0 Å². The molecule has 0 unspecified atom stereocenters. The molecule has 8 heteroatoms. The van der Waals surface area contributed by atoms with Gasteiger partial charge < -0.3 is 10.4 Å². The maximum Gasteiger partial charge on any atom is 0.270 e. The first-order chi connectivity index (χ1) is 12.0. The highest BCUT2D eigenvalue weighted by Crippen LogP contribution is 2.30. The second kappa shape index (κ2) is 7.14. The number of halogens is 1. The van der Waals surface area contributed by atoms with Crippen molar-refractivity contribution >= 4 is 23.1 Å². The molecule has 0 radical (unpaired) electrons. The number of rotatable bonds is 5. The minimum absolute atomic E-state index is 0.000856. The summed E-state index contributed by atoms with van der Waals surface area (Å²) in [6.07, 6.45) is 3.11. The van der Waals surface area contributed by atoms with Crippen molar-refractivity contribution in [1.82, 2.24) is 9.97 Å². The Morgan fingerprint density at radius 3 is 2.64 bits per heavy atom. The number of nitro benzene ring substituents is 1. The number of nitrogens with zero attached hydrogens (tertiary/aromatic N) is 3. The Balaban J connectivity index is 1.95. The van der Waals surface area contributed by atoms with Crippen LogP contribution >= 0.6 is 11.6 Å². The number of benzene rings is 1. The number of hydrogen-bond acceptors (Lipinski definition) is 6. The van der Waals surface area contributed by atoms with Crippen LogP contribution in [0.2, 0.25) is 5.02 Å². The Morgan fingerprint density at radius 2 is 1.92 bits per heavy atom. The molecule has 1 aromatic carbocycles. The summed E-state index contributed by atoms with van der Waals surface area (Å²) in [5, 5.41) is 24.3. The topological polar surface area (TPSA) is 101 Å². The highest BCUT2D eigenvalue weighted by molar-refractivity contribution is 6.33. The summed E-state index contributed by atoms with van der Waals surface area (Å²) >= 11 is 6.15. The van der Waals surface area contributed by atoms with Crippen LogP contribution in [-0.4, -0.2) is 20.0 Å². The van der Waals surface area contributed by atoms with E-state index in [1.807, 2.05) is 0 Å². The minimum atomic E-state index is -0.470. The quantitative estimate of drug-likeness (QED) is 0.528. The Bertz CT molecular complexity index is 933. The molecular formula is C17H13ClN4O3. The zero-order valence-electron chi connectivity index (χ0n) is 12.9. The molecule has 0 saturated carbocycles. The van der Waals surface area contributed by atoms with E-state index in [-0.39, 0.29) is 18.0 Å². The van der Waals surface area contributed by atoms with Gasteiger partial charge in [-0.15, -0.1) is 0 Å². The highest BCUT2D eigenvalue weighted by Gasteiger charge is 2.14. The second-order valence-corrected chi connectivity index (χ2v) is 5.61. The third-order valence-electron chi connectivity index (χ3n) is 3.47. The summed E-state index contributed by atoms with van der Waals surface area (Å²) in [5.74, 6) is 0.298. The third kappa shape index (κ3) is 3.84. The van der Waals surface area contributed by atoms with Crippen LogP contribution in [0, 0.1) is 10.1 Å². The van der Waals surface area contributed by atoms with Crippen LogP contribution in [0.25, 0.3) is 11.3 Å². The van der Waals surface area contributed by atoms with Crippen LogP contribution in [0.15, 0.2) is 54.9 Å². The molecule has 0 fully saturated rings.